The van der Waals surface area contributed by atoms with Crippen LogP contribution >= 0.6 is 0 Å². The summed E-state index contributed by atoms with van der Waals surface area (Å²) in [6, 6.07) is 7.09. The Hall–Kier alpha value is -2.41. The van der Waals surface area contributed by atoms with E-state index in [0.717, 1.165) is 31.4 Å². The van der Waals surface area contributed by atoms with Crippen molar-refractivity contribution in [2.24, 2.45) is 0 Å². The van der Waals surface area contributed by atoms with Gasteiger partial charge in [0.1, 0.15) is 0 Å². The lowest BCUT2D eigenvalue weighted by molar-refractivity contribution is 0.0804. The minimum Gasteiger partial charge on any atom is -0.421 e. The minimum absolute atomic E-state index is 0.0353. The predicted octanol–water partition coefficient (Wildman–Crippen LogP) is 3.12. The van der Waals surface area contributed by atoms with Crippen LogP contribution in [0.3, 0.4) is 0 Å². The number of aryl methyl sites for hydroxylation is 1. The number of aromatic nitrogens is 2. The van der Waals surface area contributed by atoms with E-state index in [1.807, 2.05) is 31.2 Å². The first-order valence-electron chi connectivity index (χ1n) is 8.25. The maximum Gasteiger partial charge on any atom is 0.319 e. The van der Waals surface area contributed by atoms with Crippen molar-refractivity contribution >= 4 is 11.7 Å². The molecule has 24 heavy (non-hydrogen) atoms. The normalized spacial score (nSPS) is 18.3. The largest absolute Gasteiger partial charge is 0.421 e. The Morgan fingerprint density at radius 3 is 2.71 bits per heavy atom. The fraction of sp³-hybridized carbons (Fsp3) is 0.471. The third-order valence-corrected chi connectivity index (χ3v) is 4.09. The average Bonchev–Trinajstić information content (AvgIpc) is 3.25. The molecule has 0 spiro atoms. The van der Waals surface area contributed by atoms with Crippen LogP contribution in [0.1, 0.15) is 32.1 Å². The van der Waals surface area contributed by atoms with Crippen molar-refractivity contribution in [3.05, 3.63) is 30.2 Å². The maximum absolute atomic E-state index is 12.2. The number of ether oxygens (including phenoxy) is 1. The molecule has 0 radical (unpaired) electrons. The first-order chi connectivity index (χ1) is 11.7. The Bertz CT molecular complexity index is 677. The van der Waals surface area contributed by atoms with E-state index in [0.29, 0.717) is 17.5 Å². The van der Waals surface area contributed by atoms with Crippen molar-refractivity contribution in [1.82, 2.24) is 15.5 Å². The Kier molecular flexibility index (Phi) is 5.10. The molecule has 0 aliphatic carbocycles. The highest BCUT2D eigenvalue weighted by Crippen LogP contribution is 2.20. The molecule has 2 amide bonds. The van der Waals surface area contributed by atoms with Crippen molar-refractivity contribution in [2.75, 3.05) is 11.9 Å². The van der Waals surface area contributed by atoms with E-state index >= 15 is 0 Å². The molecule has 1 aromatic carbocycles. The van der Waals surface area contributed by atoms with Gasteiger partial charge in [-0.2, -0.15) is 0 Å². The van der Waals surface area contributed by atoms with Gasteiger partial charge in [0.2, 0.25) is 11.8 Å². The number of hydrogen-bond donors (Lipinski definition) is 2. The molecule has 1 aliphatic rings. The predicted molar refractivity (Wildman–Crippen MR) is 89.7 cm³/mol. The van der Waals surface area contributed by atoms with Gasteiger partial charge in [-0.3, -0.25) is 0 Å². The molecule has 2 atom stereocenters. The van der Waals surface area contributed by atoms with Crippen LogP contribution in [0, 0.1) is 6.92 Å². The molecule has 0 unspecified atom stereocenters. The van der Waals surface area contributed by atoms with Crippen molar-refractivity contribution in [3.63, 3.8) is 0 Å². The van der Waals surface area contributed by atoms with Gasteiger partial charge in [0, 0.05) is 24.8 Å². The van der Waals surface area contributed by atoms with E-state index in [-0.39, 0.29) is 18.2 Å². The van der Waals surface area contributed by atoms with Crippen LogP contribution < -0.4 is 10.6 Å². The second-order valence-corrected chi connectivity index (χ2v) is 5.87. The van der Waals surface area contributed by atoms with E-state index < -0.39 is 0 Å². The zero-order valence-electron chi connectivity index (χ0n) is 13.9. The van der Waals surface area contributed by atoms with Gasteiger partial charge < -0.3 is 19.8 Å². The SMILES string of the molecule is CC[C@H](NC(=O)Nc1ccc(-c2nnc(C)o2)cc1)[C@H]1CCCO1. The summed E-state index contributed by atoms with van der Waals surface area (Å²) in [4.78, 5) is 12.2. The quantitative estimate of drug-likeness (QED) is 0.879. The molecule has 1 aromatic heterocycles. The van der Waals surface area contributed by atoms with Gasteiger partial charge in [0.05, 0.1) is 12.1 Å². The van der Waals surface area contributed by atoms with Crippen LogP contribution in [0.15, 0.2) is 28.7 Å². The molecule has 0 saturated carbocycles. The molecule has 1 aliphatic heterocycles. The number of anilines is 1. The van der Waals surface area contributed by atoms with Crippen LogP contribution in [-0.2, 0) is 4.74 Å². The monoisotopic (exact) mass is 330 g/mol. The summed E-state index contributed by atoms with van der Waals surface area (Å²) in [5, 5.41) is 13.6. The number of rotatable bonds is 5. The van der Waals surface area contributed by atoms with Gasteiger partial charge in [-0.05, 0) is 43.5 Å². The molecule has 7 heteroatoms. The van der Waals surface area contributed by atoms with Crippen LogP contribution in [0.5, 0.6) is 0 Å². The number of urea groups is 1. The minimum atomic E-state index is -0.223. The molecular formula is C17H22N4O3. The van der Waals surface area contributed by atoms with Crippen LogP contribution in [0.25, 0.3) is 11.5 Å². The summed E-state index contributed by atoms with van der Waals surface area (Å²) < 4.78 is 11.0. The lowest BCUT2D eigenvalue weighted by Gasteiger charge is -2.23. The summed E-state index contributed by atoms with van der Waals surface area (Å²) in [5.74, 6) is 0.985. The molecule has 128 valence electrons. The van der Waals surface area contributed by atoms with Gasteiger partial charge in [-0.1, -0.05) is 6.92 Å². The molecule has 7 nitrogen and oxygen atoms in total. The van der Waals surface area contributed by atoms with Crippen molar-refractivity contribution in [2.45, 2.75) is 45.3 Å². The van der Waals surface area contributed by atoms with Crippen LogP contribution in [0.2, 0.25) is 0 Å². The topological polar surface area (TPSA) is 89.3 Å². The number of carbonyl (C=O) groups excluding carboxylic acids is 1. The fourth-order valence-corrected chi connectivity index (χ4v) is 2.82. The van der Waals surface area contributed by atoms with E-state index in [9.17, 15) is 4.79 Å². The lowest BCUT2D eigenvalue weighted by Crippen LogP contribution is -2.44. The fourth-order valence-electron chi connectivity index (χ4n) is 2.82. The molecule has 2 N–H and O–H groups in total. The third-order valence-electron chi connectivity index (χ3n) is 4.09. The van der Waals surface area contributed by atoms with Crippen molar-refractivity contribution < 1.29 is 13.9 Å². The first kappa shape index (κ1) is 16.4. The zero-order chi connectivity index (χ0) is 16.9. The first-order valence-corrected chi connectivity index (χ1v) is 8.25. The lowest BCUT2D eigenvalue weighted by atomic mass is 10.1. The summed E-state index contributed by atoms with van der Waals surface area (Å²) >= 11 is 0. The highest BCUT2D eigenvalue weighted by atomic mass is 16.5. The van der Waals surface area contributed by atoms with Gasteiger partial charge in [0.15, 0.2) is 0 Å². The molecule has 1 saturated heterocycles. The van der Waals surface area contributed by atoms with Gasteiger partial charge in [-0.25, -0.2) is 4.79 Å². The maximum atomic E-state index is 12.2. The van der Waals surface area contributed by atoms with Crippen LogP contribution in [-0.4, -0.2) is 35.0 Å². The second-order valence-electron chi connectivity index (χ2n) is 5.87. The number of carbonyl (C=O) groups is 1. The zero-order valence-corrected chi connectivity index (χ0v) is 13.9. The Morgan fingerprint density at radius 1 is 1.33 bits per heavy atom. The Morgan fingerprint density at radius 2 is 2.12 bits per heavy atom. The molecule has 1 fully saturated rings. The van der Waals surface area contributed by atoms with Crippen molar-refractivity contribution in [1.29, 1.82) is 0 Å². The second kappa shape index (κ2) is 7.44. The Balaban J connectivity index is 1.57. The summed E-state index contributed by atoms with van der Waals surface area (Å²) in [5.41, 5.74) is 1.52. The van der Waals surface area contributed by atoms with Gasteiger partial charge in [0.25, 0.3) is 0 Å². The molecule has 2 aromatic rings. The van der Waals surface area contributed by atoms with E-state index in [1.54, 1.807) is 6.92 Å². The molecule has 3 rings (SSSR count). The number of nitrogens with one attached hydrogen (secondary N) is 2. The highest BCUT2D eigenvalue weighted by Gasteiger charge is 2.25. The standard InChI is InChI=1S/C17H22N4O3/c1-3-14(15-5-4-10-23-15)19-17(22)18-13-8-6-12(7-9-13)16-21-20-11(2)24-16/h6-9,14-15H,3-5,10H2,1-2H3,(H2,18,19,22)/t14-,15+/m0/s1. The highest BCUT2D eigenvalue weighted by molar-refractivity contribution is 5.89. The summed E-state index contributed by atoms with van der Waals surface area (Å²) in [6.07, 6.45) is 3.01. The molecule has 0 bridgehead atoms. The summed E-state index contributed by atoms with van der Waals surface area (Å²) in [6.45, 7) is 4.57. The van der Waals surface area contributed by atoms with E-state index in [4.69, 9.17) is 9.15 Å². The van der Waals surface area contributed by atoms with Crippen LogP contribution in [0.4, 0.5) is 10.5 Å². The van der Waals surface area contributed by atoms with E-state index in [2.05, 4.69) is 20.8 Å². The smallest absolute Gasteiger partial charge is 0.319 e. The molecule has 2 heterocycles. The average molecular weight is 330 g/mol. The Labute approximate surface area is 140 Å². The number of nitrogens with zero attached hydrogens (tertiary/aromatic N) is 2. The number of amides is 2. The van der Waals surface area contributed by atoms with Crippen molar-refractivity contribution in [3.8, 4) is 11.5 Å². The number of hydrogen-bond acceptors (Lipinski definition) is 5. The molecular weight excluding hydrogens is 308 g/mol. The third kappa shape index (κ3) is 3.91. The van der Waals surface area contributed by atoms with Gasteiger partial charge in [-0.15, -0.1) is 10.2 Å². The van der Waals surface area contributed by atoms with E-state index in [1.165, 1.54) is 0 Å². The summed E-state index contributed by atoms with van der Waals surface area (Å²) in [7, 11) is 0. The number of benzene rings is 1. The van der Waals surface area contributed by atoms with Gasteiger partial charge >= 0.3 is 6.03 Å².